The molecule has 0 radical (unpaired) electrons. The van der Waals surface area contributed by atoms with E-state index >= 15 is 0 Å². The Hall–Kier alpha value is -9.26. The van der Waals surface area contributed by atoms with Gasteiger partial charge in [0.05, 0.1) is 0 Å². The Morgan fingerprint density at radius 1 is 0.265 bits per heavy atom. The van der Waals surface area contributed by atoms with Crippen LogP contribution in [0.3, 0.4) is 0 Å². The number of nitrogens with zero attached hydrogens (tertiary/aromatic N) is 2. The Bertz CT molecular complexity index is 3680. The second-order valence-corrected chi connectivity index (χ2v) is 16.9. The maximum Gasteiger partial charge on any atom is 0.143 e. The summed E-state index contributed by atoms with van der Waals surface area (Å²) >= 11 is 0. The Labute approximate surface area is 391 Å². The molecule has 322 valence electrons. The van der Waals surface area contributed by atoms with Gasteiger partial charge in [-0.1, -0.05) is 84.9 Å². The van der Waals surface area contributed by atoms with Crippen molar-refractivity contribution in [2.24, 2.45) is 0 Å². The number of hydrogen-bond acceptors (Lipinski definition) is 6. The molecule has 13 aromatic rings. The van der Waals surface area contributed by atoms with Crippen LogP contribution in [0, 0.1) is 0 Å². The minimum atomic E-state index is 0.778. The number of ether oxygens (including phenoxy) is 2. The largest absolute Gasteiger partial charge is 0.457 e. The highest BCUT2D eigenvalue weighted by atomic mass is 16.5. The molecule has 0 unspecified atom stereocenters. The fraction of sp³-hybridized carbons (Fsp3) is 0. The number of hydrogen-bond donors (Lipinski definition) is 0. The molecule has 6 nitrogen and oxygen atoms in total. The van der Waals surface area contributed by atoms with Crippen LogP contribution >= 0.6 is 0 Å². The van der Waals surface area contributed by atoms with Crippen molar-refractivity contribution in [3.8, 4) is 23.0 Å². The Kier molecular flexibility index (Phi) is 9.39. The van der Waals surface area contributed by atoms with Gasteiger partial charge < -0.3 is 28.1 Å². The van der Waals surface area contributed by atoms with E-state index in [2.05, 4.69) is 143 Å². The van der Waals surface area contributed by atoms with Crippen molar-refractivity contribution < 1.29 is 18.3 Å². The third-order valence-electron chi connectivity index (χ3n) is 12.7. The lowest BCUT2D eigenvalue weighted by Gasteiger charge is -2.26. The quantitative estimate of drug-likeness (QED) is 0.136. The molecule has 0 bridgehead atoms. The molecule has 0 saturated heterocycles. The zero-order chi connectivity index (χ0) is 45.0. The molecule has 0 N–H and O–H groups in total. The van der Waals surface area contributed by atoms with Crippen LogP contribution in [0.4, 0.5) is 34.1 Å². The molecule has 0 spiro atoms. The van der Waals surface area contributed by atoms with Crippen molar-refractivity contribution in [3.63, 3.8) is 0 Å². The first-order valence-electron chi connectivity index (χ1n) is 22.7. The third kappa shape index (κ3) is 6.91. The van der Waals surface area contributed by atoms with Gasteiger partial charge in [0.1, 0.15) is 45.3 Å². The Balaban J connectivity index is 0.870. The summed E-state index contributed by atoms with van der Waals surface area (Å²) in [6, 6.07) is 83.1. The van der Waals surface area contributed by atoms with E-state index in [-0.39, 0.29) is 0 Å². The highest BCUT2D eigenvalue weighted by Crippen LogP contribution is 2.46. The lowest BCUT2D eigenvalue weighted by molar-refractivity contribution is 0.482. The van der Waals surface area contributed by atoms with Crippen molar-refractivity contribution in [2.45, 2.75) is 0 Å². The summed E-state index contributed by atoms with van der Waals surface area (Å²) in [6.07, 6.45) is 0. The Morgan fingerprint density at radius 3 is 0.985 bits per heavy atom. The molecule has 0 aliphatic heterocycles. The van der Waals surface area contributed by atoms with E-state index in [1.165, 1.54) is 0 Å². The second kappa shape index (κ2) is 16.3. The fourth-order valence-electron chi connectivity index (χ4n) is 9.58. The van der Waals surface area contributed by atoms with Gasteiger partial charge in [-0.15, -0.1) is 0 Å². The van der Waals surface area contributed by atoms with Crippen LogP contribution in [0.15, 0.2) is 251 Å². The first-order valence-corrected chi connectivity index (χ1v) is 22.7. The number of anilines is 6. The van der Waals surface area contributed by atoms with Crippen LogP contribution in [-0.4, -0.2) is 0 Å². The number of benzene rings is 11. The van der Waals surface area contributed by atoms with Gasteiger partial charge in [0.15, 0.2) is 0 Å². The lowest BCUT2D eigenvalue weighted by Crippen LogP contribution is -2.09. The molecule has 13 rings (SSSR count). The highest BCUT2D eigenvalue weighted by Gasteiger charge is 2.21. The van der Waals surface area contributed by atoms with Gasteiger partial charge in [-0.2, -0.15) is 0 Å². The Morgan fingerprint density at radius 2 is 0.588 bits per heavy atom. The zero-order valence-corrected chi connectivity index (χ0v) is 36.6. The highest BCUT2D eigenvalue weighted by molar-refractivity contribution is 6.30. The van der Waals surface area contributed by atoms with Gasteiger partial charge >= 0.3 is 0 Å². The number of furan rings is 2. The van der Waals surface area contributed by atoms with E-state index in [0.29, 0.717) is 0 Å². The van der Waals surface area contributed by atoms with E-state index < -0.39 is 0 Å². The maximum atomic E-state index is 6.79. The minimum absolute atomic E-state index is 0.778. The van der Waals surface area contributed by atoms with E-state index in [1.807, 2.05) is 109 Å². The van der Waals surface area contributed by atoms with Crippen LogP contribution in [0.25, 0.3) is 65.4 Å². The molecular weight excluding hydrogens is 837 g/mol. The smallest absolute Gasteiger partial charge is 0.143 e. The summed E-state index contributed by atoms with van der Waals surface area (Å²) in [5.74, 6) is 3.16. The molecule has 68 heavy (non-hydrogen) atoms. The van der Waals surface area contributed by atoms with Crippen LogP contribution in [-0.2, 0) is 0 Å². The van der Waals surface area contributed by atoms with E-state index in [0.717, 1.165) is 123 Å². The number of para-hydroxylation sites is 4. The molecule has 0 aliphatic rings. The zero-order valence-electron chi connectivity index (χ0n) is 36.6. The average molecular weight is 877 g/mol. The standard InChI is InChI=1S/C62H40N2O4/c1-5-13-43(14-6-1)63(45-23-29-51(30-24-45)65-49-17-9-3-10-18-49)47-27-35-53-41(39-47)21-33-55-59-57(67-61(53)55)37-38-58-60(59)56-34-22-42-40-48(28-36-54(42)62(56)68-58)64(44-15-7-2-8-16-44)46-25-31-52(32-26-46)66-50-19-11-4-12-20-50/h1-40H. The summed E-state index contributed by atoms with van der Waals surface area (Å²) in [5.41, 5.74) is 9.57. The van der Waals surface area contributed by atoms with Gasteiger partial charge in [0, 0.05) is 66.4 Å². The predicted octanol–water partition coefficient (Wildman–Crippen LogP) is 18.3. The van der Waals surface area contributed by atoms with Crippen LogP contribution in [0.5, 0.6) is 23.0 Å². The van der Waals surface area contributed by atoms with Crippen LogP contribution in [0.1, 0.15) is 0 Å². The van der Waals surface area contributed by atoms with Crippen molar-refractivity contribution >= 4 is 99.5 Å². The second-order valence-electron chi connectivity index (χ2n) is 16.9. The van der Waals surface area contributed by atoms with Gasteiger partial charge in [-0.05, 0) is 168 Å². The first-order chi connectivity index (χ1) is 33.7. The van der Waals surface area contributed by atoms with Crippen LogP contribution < -0.4 is 19.3 Å². The van der Waals surface area contributed by atoms with Gasteiger partial charge in [-0.25, -0.2) is 0 Å². The first kappa shape index (κ1) is 39.1. The van der Waals surface area contributed by atoms with Gasteiger partial charge in [0.25, 0.3) is 0 Å². The molecule has 2 heterocycles. The predicted molar refractivity (Wildman–Crippen MR) is 278 cm³/mol. The summed E-state index contributed by atoms with van der Waals surface area (Å²) in [5, 5.41) is 8.46. The molecule has 0 fully saturated rings. The van der Waals surface area contributed by atoms with E-state index in [1.54, 1.807) is 0 Å². The molecular formula is C62H40N2O4. The van der Waals surface area contributed by atoms with Gasteiger partial charge in [0.2, 0.25) is 0 Å². The summed E-state index contributed by atoms with van der Waals surface area (Å²) in [7, 11) is 0. The normalized spacial score (nSPS) is 11.5. The van der Waals surface area contributed by atoms with Crippen molar-refractivity contribution in [3.05, 3.63) is 243 Å². The van der Waals surface area contributed by atoms with Crippen molar-refractivity contribution in [1.29, 1.82) is 0 Å². The minimum Gasteiger partial charge on any atom is -0.457 e. The van der Waals surface area contributed by atoms with E-state index in [4.69, 9.17) is 18.3 Å². The molecule has 0 amide bonds. The summed E-state index contributed by atoms with van der Waals surface area (Å²) < 4.78 is 25.8. The maximum absolute atomic E-state index is 6.79. The topological polar surface area (TPSA) is 51.2 Å². The summed E-state index contributed by atoms with van der Waals surface area (Å²) in [4.78, 5) is 4.53. The average Bonchev–Trinajstić information content (AvgIpc) is 3.98. The van der Waals surface area contributed by atoms with E-state index in [9.17, 15) is 0 Å². The molecule has 0 aliphatic carbocycles. The number of rotatable bonds is 10. The molecule has 2 aromatic heterocycles. The van der Waals surface area contributed by atoms with Crippen molar-refractivity contribution in [2.75, 3.05) is 9.80 Å². The monoisotopic (exact) mass is 876 g/mol. The fourth-order valence-corrected chi connectivity index (χ4v) is 9.58. The van der Waals surface area contributed by atoms with Gasteiger partial charge in [-0.3, -0.25) is 0 Å². The third-order valence-corrected chi connectivity index (χ3v) is 12.7. The summed E-state index contributed by atoms with van der Waals surface area (Å²) in [6.45, 7) is 0. The number of fused-ring (bicyclic) bond motifs is 11. The molecule has 0 atom stereocenters. The SMILES string of the molecule is c1ccc(Oc2ccc(N(c3ccccc3)c3ccc4c(ccc5c4oc4ccc6oc7c8ccc(N(c9ccccc9)c9ccc(Oc%10ccccc%10)cc9)cc8ccc7c6c45)c3)cc2)cc1. The van der Waals surface area contributed by atoms with Crippen LogP contribution in [0.2, 0.25) is 0 Å². The molecule has 0 saturated carbocycles. The van der Waals surface area contributed by atoms with Crippen molar-refractivity contribution in [1.82, 2.24) is 0 Å². The lowest BCUT2D eigenvalue weighted by atomic mass is 10.0. The molecule has 11 aromatic carbocycles. The molecule has 6 heteroatoms.